The third kappa shape index (κ3) is 3.39. The van der Waals surface area contributed by atoms with Gasteiger partial charge in [-0.1, -0.05) is 0 Å². The Morgan fingerprint density at radius 1 is 1.60 bits per heavy atom. The van der Waals surface area contributed by atoms with E-state index < -0.39 is 11.8 Å². The molecule has 1 heterocycles. The number of hydrogen-bond donors (Lipinski definition) is 2. The van der Waals surface area contributed by atoms with Crippen molar-refractivity contribution in [2.45, 2.75) is 25.8 Å². The third-order valence-electron chi connectivity index (χ3n) is 3.15. The van der Waals surface area contributed by atoms with E-state index in [1.165, 1.54) is 6.07 Å². The Kier molecular flexibility index (Phi) is 4.79. The first-order valence-corrected chi connectivity index (χ1v) is 6.72. The normalized spacial score (nSPS) is 18.6. The molecule has 0 aliphatic carbocycles. The highest BCUT2D eigenvalue weighted by Gasteiger charge is 2.19. The maximum Gasteiger partial charge on any atom is 0.340 e. The number of anilines is 2. The van der Waals surface area contributed by atoms with Crippen molar-refractivity contribution in [2.24, 2.45) is 0 Å². The summed E-state index contributed by atoms with van der Waals surface area (Å²) in [5, 5.41) is 3.05. The molecule has 0 aromatic heterocycles. The Hall–Kier alpha value is -1.82. The highest BCUT2D eigenvalue weighted by molar-refractivity contribution is 5.96. The van der Waals surface area contributed by atoms with Gasteiger partial charge >= 0.3 is 5.97 Å². The largest absolute Gasteiger partial charge is 0.462 e. The van der Waals surface area contributed by atoms with E-state index in [1.54, 1.807) is 6.92 Å². The summed E-state index contributed by atoms with van der Waals surface area (Å²) in [5.74, 6) is -1.03. The van der Waals surface area contributed by atoms with Crippen LogP contribution in [0.1, 0.15) is 30.1 Å². The van der Waals surface area contributed by atoms with Gasteiger partial charge in [-0.05, 0) is 31.9 Å². The number of nitrogens with two attached hydrogens (primary N) is 1. The smallest absolute Gasteiger partial charge is 0.340 e. The molecule has 1 unspecified atom stereocenters. The summed E-state index contributed by atoms with van der Waals surface area (Å²) < 4.78 is 24.1. The second-order valence-corrected chi connectivity index (χ2v) is 4.70. The van der Waals surface area contributed by atoms with Gasteiger partial charge in [0.05, 0.1) is 24.5 Å². The summed E-state index contributed by atoms with van der Waals surface area (Å²) in [5.41, 5.74) is 6.16. The highest BCUT2D eigenvalue weighted by Crippen LogP contribution is 2.24. The van der Waals surface area contributed by atoms with Gasteiger partial charge in [-0.15, -0.1) is 0 Å². The summed E-state index contributed by atoms with van der Waals surface area (Å²) in [4.78, 5) is 11.7. The zero-order chi connectivity index (χ0) is 14.5. The fourth-order valence-electron chi connectivity index (χ4n) is 2.16. The minimum Gasteiger partial charge on any atom is -0.462 e. The van der Waals surface area contributed by atoms with Gasteiger partial charge in [0.15, 0.2) is 0 Å². The van der Waals surface area contributed by atoms with E-state index in [1.807, 2.05) is 0 Å². The first kappa shape index (κ1) is 14.6. The molecule has 5 nitrogen and oxygen atoms in total. The van der Waals surface area contributed by atoms with Crippen molar-refractivity contribution in [3.63, 3.8) is 0 Å². The van der Waals surface area contributed by atoms with Crippen molar-refractivity contribution < 1.29 is 18.7 Å². The van der Waals surface area contributed by atoms with Crippen LogP contribution in [0.3, 0.4) is 0 Å². The van der Waals surface area contributed by atoms with Gasteiger partial charge in [0.2, 0.25) is 0 Å². The molecular formula is C14H19FN2O3. The maximum atomic E-state index is 13.9. The van der Waals surface area contributed by atoms with Gasteiger partial charge < -0.3 is 20.5 Å². The first-order chi connectivity index (χ1) is 9.61. The Balaban J connectivity index is 2.19. The molecule has 3 N–H and O–H groups in total. The van der Waals surface area contributed by atoms with Crippen LogP contribution in [0.2, 0.25) is 0 Å². The molecule has 1 aromatic carbocycles. The van der Waals surface area contributed by atoms with Crippen LogP contribution < -0.4 is 11.1 Å². The molecule has 110 valence electrons. The van der Waals surface area contributed by atoms with Crippen molar-refractivity contribution in [1.82, 2.24) is 0 Å². The van der Waals surface area contributed by atoms with Crippen LogP contribution in [-0.4, -0.2) is 31.8 Å². The fourth-order valence-corrected chi connectivity index (χ4v) is 2.16. The molecule has 1 fully saturated rings. The monoisotopic (exact) mass is 282 g/mol. The molecule has 1 atom stereocenters. The van der Waals surface area contributed by atoms with Crippen LogP contribution in [-0.2, 0) is 9.47 Å². The topological polar surface area (TPSA) is 73.6 Å². The van der Waals surface area contributed by atoms with E-state index in [-0.39, 0.29) is 29.6 Å². The number of ether oxygens (including phenoxy) is 2. The lowest BCUT2D eigenvalue weighted by atomic mass is 10.1. The molecular weight excluding hydrogens is 263 g/mol. The molecule has 0 saturated carbocycles. The van der Waals surface area contributed by atoms with E-state index in [0.717, 1.165) is 25.5 Å². The number of hydrogen-bond acceptors (Lipinski definition) is 5. The maximum absolute atomic E-state index is 13.9. The fraction of sp³-hybridized carbons (Fsp3) is 0.500. The van der Waals surface area contributed by atoms with E-state index in [4.69, 9.17) is 15.2 Å². The molecule has 0 spiro atoms. The Bertz CT molecular complexity index is 488. The minimum atomic E-state index is -0.548. The molecule has 0 amide bonds. The van der Waals surface area contributed by atoms with Gasteiger partial charge in [0, 0.05) is 18.3 Å². The van der Waals surface area contributed by atoms with Crippen molar-refractivity contribution in [2.75, 3.05) is 30.9 Å². The van der Waals surface area contributed by atoms with Crippen LogP contribution in [0.15, 0.2) is 12.1 Å². The average Bonchev–Trinajstić information content (AvgIpc) is 2.43. The van der Waals surface area contributed by atoms with Gasteiger partial charge in [-0.3, -0.25) is 0 Å². The van der Waals surface area contributed by atoms with Crippen LogP contribution in [0.4, 0.5) is 15.8 Å². The molecule has 2 rings (SSSR count). The number of carbonyl (C=O) groups is 1. The first-order valence-electron chi connectivity index (χ1n) is 6.72. The number of rotatable bonds is 4. The van der Waals surface area contributed by atoms with E-state index in [2.05, 4.69) is 5.32 Å². The quantitative estimate of drug-likeness (QED) is 0.654. The number of benzene rings is 1. The Labute approximate surface area is 117 Å². The van der Waals surface area contributed by atoms with Gasteiger partial charge in [-0.25, -0.2) is 9.18 Å². The van der Waals surface area contributed by atoms with Crippen molar-refractivity contribution in [3.05, 3.63) is 23.5 Å². The van der Waals surface area contributed by atoms with Crippen LogP contribution in [0, 0.1) is 5.82 Å². The number of nitrogens with one attached hydrogen (secondary N) is 1. The lowest BCUT2D eigenvalue weighted by Crippen LogP contribution is -2.30. The molecule has 0 bridgehead atoms. The van der Waals surface area contributed by atoms with Gasteiger partial charge in [-0.2, -0.15) is 0 Å². The van der Waals surface area contributed by atoms with Gasteiger partial charge in [0.25, 0.3) is 0 Å². The predicted molar refractivity (Wildman–Crippen MR) is 74.2 cm³/mol. The summed E-state index contributed by atoms with van der Waals surface area (Å²) in [6.45, 7) is 3.21. The predicted octanol–water partition coefficient (Wildman–Crippen LogP) is 2.18. The van der Waals surface area contributed by atoms with Gasteiger partial charge in [0.1, 0.15) is 5.82 Å². The molecule has 1 saturated heterocycles. The second-order valence-electron chi connectivity index (χ2n) is 4.70. The standard InChI is InChI=1S/C14H19FN2O3/c1-2-20-14(18)10-6-13(11(15)7-12(10)16)17-9-4-3-5-19-8-9/h6-7,9,17H,2-5,8,16H2,1H3. The Morgan fingerprint density at radius 2 is 2.40 bits per heavy atom. The number of nitrogen functional groups attached to an aromatic ring is 1. The van der Waals surface area contributed by atoms with E-state index in [9.17, 15) is 9.18 Å². The summed E-state index contributed by atoms with van der Waals surface area (Å²) in [6, 6.07) is 2.58. The SMILES string of the molecule is CCOC(=O)c1cc(NC2CCCOC2)c(F)cc1N. The molecule has 1 aliphatic heterocycles. The lowest BCUT2D eigenvalue weighted by molar-refractivity contribution is 0.0527. The van der Waals surface area contributed by atoms with Crippen molar-refractivity contribution >= 4 is 17.3 Å². The molecule has 1 aliphatic rings. The zero-order valence-electron chi connectivity index (χ0n) is 11.4. The van der Waals surface area contributed by atoms with Crippen molar-refractivity contribution in [3.8, 4) is 0 Å². The minimum absolute atomic E-state index is 0.0388. The van der Waals surface area contributed by atoms with Crippen LogP contribution >= 0.6 is 0 Å². The molecule has 1 aromatic rings. The van der Waals surface area contributed by atoms with Crippen molar-refractivity contribution in [1.29, 1.82) is 0 Å². The third-order valence-corrected chi connectivity index (χ3v) is 3.15. The number of halogens is 1. The molecule has 0 radical (unpaired) electrons. The second kappa shape index (κ2) is 6.56. The van der Waals surface area contributed by atoms with E-state index >= 15 is 0 Å². The highest BCUT2D eigenvalue weighted by atomic mass is 19.1. The van der Waals surface area contributed by atoms with Crippen LogP contribution in [0.5, 0.6) is 0 Å². The van der Waals surface area contributed by atoms with E-state index in [0.29, 0.717) is 6.61 Å². The lowest BCUT2D eigenvalue weighted by Gasteiger charge is -2.24. The number of carbonyl (C=O) groups excluding carboxylic acids is 1. The van der Waals surface area contributed by atoms with Crippen LogP contribution in [0.25, 0.3) is 0 Å². The number of esters is 1. The Morgan fingerprint density at radius 3 is 3.05 bits per heavy atom. The summed E-state index contributed by atoms with van der Waals surface area (Å²) >= 11 is 0. The summed E-state index contributed by atoms with van der Waals surface area (Å²) in [7, 11) is 0. The molecule has 20 heavy (non-hydrogen) atoms. The zero-order valence-corrected chi connectivity index (χ0v) is 11.4. The average molecular weight is 282 g/mol. The summed E-state index contributed by atoms with van der Waals surface area (Å²) in [6.07, 6.45) is 1.83. The molecule has 6 heteroatoms.